The Labute approximate surface area is 201 Å². The van der Waals surface area contributed by atoms with Gasteiger partial charge in [-0.3, -0.25) is 0 Å². The maximum Gasteiger partial charge on any atom is 0.241 e. The van der Waals surface area contributed by atoms with E-state index in [0.717, 1.165) is 10.7 Å². The largest absolute Gasteiger partial charge is 0.357 e. The number of aromatic nitrogens is 1. The third kappa shape index (κ3) is 8.12. The van der Waals surface area contributed by atoms with Crippen LogP contribution in [0.2, 0.25) is 0 Å². The maximum absolute atomic E-state index is 12.8. The summed E-state index contributed by atoms with van der Waals surface area (Å²) >= 11 is 1.66. The van der Waals surface area contributed by atoms with Crippen LogP contribution < -0.4 is 15.4 Å². The van der Waals surface area contributed by atoms with Gasteiger partial charge in [-0.1, -0.05) is 18.2 Å². The van der Waals surface area contributed by atoms with Crippen molar-refractivity contribution in [2.75, 3.05) is 6.54 Å². The number of aliphatic imine (C=N–C) groups is 1. The number of benzene rings is 1. The summed E-state index contributed by atoms with van der Waals surface area (Å²) in [5, 5.41) is 7.45. The lowest BCUT2D eigenvalue weighted by atomic mass is 10.1. The van der Waals surface area contributed by atoms with Crippen molar-refractivity contribution < 1.29 is 8.42 Å². The van der Waals surface area contributed by atoms with E-state index in [0.29, 0.717) is 24.6 Å². The van der Waals surface area contributed by atoms with E-state index in [4.69, 9.17) is 0 Å². The fourth-order valence-electron chi connectivity index (χ4n) is 2.63. The van der Waals surface area contributed by atoms with Gasteiger partial charge in [0.05, 0.1) is 23.7 Å². The monoisotopic (exact) mass is 565 g/mol. The molecular weight excluding hydrogens is 533 g/mol. The van der Waals surface area contributed by atoms with Crippen LogP contribution in [0, 0.1) is 13.8 Å². The lowest BCUT2D eigenvalue weighted by molar-refractivity contribution is 0.491. The van der Waals surface area contributed by atoms with Gasteiger partial charge in [0.25, 0.3) is 0 Å². The van der Waals surface area contributed by atoms with Crippen molar-refractivity contribution in [3.8, 4) is 0 Å². The van der Waals surface area contributed by atoms with Crippen LogP contribution in [-0.2, 0) is 23.1 Å². The Morgan fingerprint density at radius 2 is 1.83 bits per heavy atom. The Morgan fingerprint density at radius 1 is 1.17 bits per heavy atom. The average Bonchev–Trinajstić information content (AvgIpc) is 2.93. The number of hydrogen-bond donors (Lipinski definition) is 3. The molecule has 0 amide bonds. The second kappa shape index (κ2) is 11.4. The number of thiazole rings is 1. The third-order valence-corrected chi connectivity index (χ3v) is 6.87. The van der Waals surface area contributed by atoms with Crippen LogP contribution in [0.3, 0.4) is 0 Å². The van der Waals surface area contributed by atoms with E-state index in [-0.39, 0.29) is 35.4 Å². The summed E-state index contributed by atoms with van der Waals surface area (Å²) in [5.74, 6) is 0.619. The molecule has 30 heavy (non-hydrogen) atoms. The van der Waals surface area contributed by atoms with Crippen molar-refractivity contribution in [1.29, 1.82) is 0 Å². The molecule has 0 saturated heterocycles. The number of nitrogens with zero attached hydrogens (tertiary/aromatic N) is 2. The summed E-state index contributed by atoms with van der Waals surface area (Å²) in [7, 11) is -3.63. The summed E-state index contributed by atoms with van der Waals surface area (Å²) in [6.45, 7) is 13.0. The van der Waals surface area contributed by atoms with Gasteiger partial charge in [0, 0.05) is 17.0 Å². The highest BCUT2D eigenvalue weighted by Gasteiger charge is 2.24. The SMILES string of the molecule is CCNC(=NCc1ccccc1S(=O)(=O)NC(C)(C)C)NCc1nc(C)c(C)s1.I. The number of sulfonamides is 1. The number of nitrogens with one attached hydrogen (secondary N) is 3. The molecule has 10 heteroatoms. The molecule has 1 aromatic heterocycles. The standard InChI is InChI=1S/C20H31N5O2S2.HI/c1-7-21-19(23-13-18-24-14(2)15(3)28-18)22-12-16-10-8-9-11-17(16)29(26,27)25-20(4,5)6;/h8-11,25H,7,12-13H2,1-6H3,(H2,21,22,23);1H. The molecule has 1 aromatic carbocycles. The average molecular weight is 566 g/mol. The number of aryl methyl sites for hydroxylation is 2. The van der Waals surface area contributed by atoms with Crippen molar-refractivity contribution in [3.63, 3.8) is 0 Å². The molecule has 0 radical (unpaired) electrons. The Kier molecular flexibility index (Phi) is 10.2. The zero-order valence-electron chi connectivity index (χ0n) is 18.4. The first kappa shape index (κ1) is 26.8. The topological polar surface area (TPSA) is 95.5 Å². The van der Waals surface area contributed by atoms with Crippen LogP contribution in [0.1, 0.15) is 48.8 Å². The predicted octanol–water partition coefficient (Wildman–Crippen LogP) is 3.71. The molecular formula is C20H32IN5O2S2. The van der Waals surface area contributed by atoms with E-state index in [2.05, 4.69) is 32.3 Å². The highest BCUT2D eigenvalue weighted by molar-refractivity contribution is 14.0. The molecule has 168 valence electrons. The van der Waals surface area contributed by atoms with E-state index in [1.807, 2.05) is 40.7 Å². The molecule has 2 aromatic rings. The van der Waals surface area contributed by atoms with Crippen LogP contribution in [-0.4, -0.2) is 31.4 Å². The minimum atomic E-state index is -3.63. The van der Waals surface area contributed by atoms with Crippen LogP contribution >= 0.6 is 35.3 Å². The summed E-state index contributed by atoms with van der Waals surface area (Å²) in [5.41, 5.74) is 1.12. The molecule has 0 aliphatic heterocycles. The highest BCUT2D eigenvalue weighted by Crippen LogP contribution is 2.19. The smallest absolute Gasteiger partial charge is 0.241 e. The van der Waals surface area contributed by atoms with Gasteiger partial charge in [0.1, 0.15) is 5.01 Å². The molecule has 3 N–H and O–H groups in total. The van der Waals surface area contributed by atoms with E-state index in [1.165, 1.54) is 4.88 Å². The minimum absolute atomic E-state index is 0. The Morgan fingerprint density at radius 3 is 2.40 bits per heavy atom. The summed E-state index contributed by atoms with van der Waals surface area (Å²) in [6.07, 6.45) is 0. The van der Waals surface area contributed by atoms with Gasteiger partial charge < -0.3 is 10.6 Å². The quantitative estimate of drug-likeness (QED) is 0.270. The van der Waals surface area contributed by atoms with Gasteiger partial charge in [-0.05, 0) is 53.2 Å². The number of halogens is 1. The van der Waals surface area contributed by atoms with E-state index in [1.54, 1.807) is 29.5 Å². The summed E-state index contributed by atoms with van der Waals surface area (Å²) < 4.78 is 28.3. The van der Waals surface area contributed by atoms with Gasteiger partial charge in [-0.15, -0.1) is 35.3 Å². The molecule has 0 aliphatic carbocycles. The molecule has 0 spiro atoms. The van der Waals surface area contributed by atoms with Crippen molar-refractivity contribution in [2.24, 2.45) is 4.99 Å². The van der Waals surface area contributed by atoms with Gasteiger partial charge in [-0.2, -0.15) is 0 Å². The highest BCUT2D eigenvalue weighted by atomic mass is 127. The molecule has 0 aliphatic rings. The van der Waals surface area contributed by atoms with Crippen molar-refractivity contribution in [3.05, 3.63) is 45.4 Å². The molecule has 1 heterocycles. The Bertz CT molecular complexity index is 946. The molecule has 0 bridgehead atoms. The summed E-state index contributed by atoms with van der Waals surface area (Å²) in [6, 6.07) is 6.95. The maximum atomic E-state index is 12.8. The predicted molar refractivity (Wildman–Crippen MR) is 135 cm³/mol. The first-order chi connectivity index (χ1) is 13.5. The molecule has 7 nitrogen and oxygen atoms in total. The number of guanidine groups is 1. The third-order valence-electron chi connectivity index (χ3n) is 3.93. The van der Waals surface area contributed by atoms with Crippen molar-refractivity contribution >= 4 is 51.3 Å². The fraction of sp³-hybridized carbons (Fsp3) is 0.500. The molecule has 0 unspecified atom stereocenters. The van der Waals surface area contributed by atoms with E-state index in [9.17, 15) is 8.42 Å². The Balaban J connectivity index is 0.00000450. The number of rotatable bonds is 7. The van der Waals surface area contributed by atoms with Crippen LogP contribution in [0.4, 0.5) is 0 Å². The first-order valence-electron chi connectivity index (χ1n) is 9.59. The normalized spacial score (nSPS) is 12.4. The lowest BCUT2D eigenvalue weighted by Gasteiger charge is -2.21. The van der Waals surface area contributed by atoms with Gasteiger partial charge in [0.15, 0.2) is 5.96 Å². The fourth-order valence-corrected chi connectivity index (χ4v) is 5.16. The summed E-state index contributed by atoms with van der Waals surface area (Å²) in [4.78, 5) is 10.6. The lowest BCUT2D eigenvalue weighted by Crippen LogP contribution is -2.40. The molecule has 2 rings (SSSR count). The van der Waals surface area contributed by atoms with E-state index >= 15 is 0 Å². The Hall–Kier alpha value is -1.24. The molecule has 0 atom stereocenters. The van der Waals surface area contributed by atoms with Gasteiger partial charge in [-0.25, -0.2) is 23.1 Å². The van der Waals surface area contributed by atoms with Crippen LogP contribution in [0.25, 0.3) is 0 Å². The number of hydrogen-bond acceptors (Lipinski definition) is 5. The van der Waals surface area contributed by atoms with Crippen LogP contribution in [0.5, 0.6) is 0 Å². The van der Waals surface area contributed by atoms with Crippen LogP contribution in [0.15, 0.2) is 34.2 Å². The van der Waals surface area contributed by atoms with Gasteiger partial charge >= 0.3 is 0 Å². The first-order valence-corrected chi connectivity index (χ1v) is 11.9. The molecule has 0 fully saturated rings. The van der Waals surface area contributed by atoms with Crippen molar-refractivity contribution in [1.82, 2.24) is 20.3 Å². The second-order valence-corrected chi connectivity index (χ2v) is 10.7. The zero-order chi connectivity index (χ0) is 21.7. The zero-order valence-corrected chi connectivity index (χ0v) is 22.3. The second-order valence-electron chi connectivity index (χ2n) is 7.76. The van der Waals surface area contributed by atoms with E-state index < -0.39 is 15.6 Å². The minimum Gasteiger partial charge on any atom is -0.357 e. The van der Waals surface area contributed by atoms with Crippen molar-refractivity contribution in [2.45, 2.75) is 65.1 Å². The van der Waals surface area contributed by atoms with Gasteiger partial charge in [0.2, 0.25) is 10.0 Å². The molecule has 0 saturated carbocycles.